The topological polar surface area (TPSA) is 35.2 Å². The molecule has 14 heavy (non-hydrogen) atoms. The number of nitrogens with two attached hydrogens (primary N) is 1. The van der Waals surface area contributed by atoms with Crippen LogP contribution in [-0.2, 0) is 4.43 Å². The van der Waals surface area contributed by atoms with E-state index in [1.165, 1.54) is 6.42 Å². The van der Waals surface area contributed by atoms with Crippen molar-refractivity contribution in [2.24, 2.45) is 5.73 Å². The first-order chi connectivity index (χ1) is 6.31. The molecule has 0 aromatic heterocycles. The van der Waals surface area contributed by atoms with Crippen LogP contribution in [0.5, 0.6) is 0 Å². The predicted octanol–water partition coefficient (Wildman–Crippen LogP) is 3.14. The maximum absolute atomic E-state index is 6.04. The molecule has 86 valence electrons. The molecule has 0 saturated heterocycles. The van der Waals surface area contributed by atoms with Crippen LogP contribution >= 0.6 is 0 Å². The SMILES string of the molecule is CC(C)(C)[Si](C)(C)OCCCCCN. The fourth-order valence-corrected chi connectivity index (χ4v) is 2.05. The summed E-state index contributed by atoms with van der Waals surface area (Å²) in [7, 11) is -1.50. The average Bonchev–Trinajstić information content (AvgIpc) is 2.02. The first-order valence-electron chi connectivity index (χ1n) is 5.65. The molecule has 0 aromatic rings. The van der Waals surface area contributed by atoms with Gasteiger partial charge in [0.15, 0.2) is 8.32 Å². The summed E-state index contributed by atoms with van der Waals surface area (Å²) in [5, 5.41) is 0.334. The smallest absolute Gasteiger partial charge is 0.191 e. The Bertz CT molecular complexity index is 152. The van der Waals surface area contributed by atoms with Crippen molar-refractivity contribution in [2.45, 2.75) is 58.2 Å². The third kappa shape index (κ3) is 5.13. The van der Waals surface area contributed by atoms with Crippen molar-refractivity contribution < 1.29 is 4.43 Å². The monoisotopic (exact) mass is 217 g/mol. The summed E-state index contributed by atoms with van der Waals surface area (Å²) in [6, 6.07) is 0. The highest BCUT2D eigenvalue weighted by Crippen LogP contribution is 2.36. The molecule has 0 heterocycles. The molecule has 0 amide bonds. The molecule has 0 rings (SSSR count). The van der Waals surface area contributed by atoms with Crippen LogP contribution < -0.4 is 5.73 Å². The van der Waals surface area contributed by atoms with E-state index in [2.05, 4.69) is 33.9 Å². The molecule has 2 N–H and O–H groups in total. The van der Waals surface area contributed by atoms with Gasteiger partial charge in [0.05, 0.1) is 0 Å². The molecule has 0 fully saturated rings. The molecule has 0 aliphatic rings. The van der Waals surface area contributed by atoms with Gasteiger partial charge in [0.1, 0.15) is 0 Å². The molecular formula is C11H27NOSi. The van der Waals surface area contributed by atoms with Crippen LogP contribution in [0.1, 0.15) is 40.0 Å². The van der Waals surface area contributed by atoms with E-state index in [1.54, 1.807) is 0 Å². The second kappa shape index (κ2) is 5.88. The lowest BCUT2D eigenvalue weighted by atomic mass is 10.2. The predicted molar refractivity (Wildman–Crippen MR) is 66.1 cm³/mol. The molecule has 0 atom stereocenters. The van der Waals surface area contributed by atoms with Gasteiger partial charge in [-0.3, -0.25) is 0 Å². The first kappa shape index (κ1) is 14.1. The largest absolute Gasteiger partial charge is 0.417 e. The highest BCUT2D eigenvalue weighted by Gasteiger charge is 2.36. The third-order valence-corrected chi connectivity index (χ3v) is 7.66. The summed E-state index contributed by atoms with van der Waals surface area (Å²) in [6.07, 6.45) is 3.48. The van der Waals surface area contributed by atoms with Gasteiger partial charge >= 0.3 is 0 Å². The van der Waals surface area contributed by atoms with Gasteiger partial charge in [-0.25, -0.2) is 0 Å². The lowest BCUT2D eigenvalue weighted by Gasteiger charge is -2.36. The highest BCUT2D eigenvalue weighted by atomic mass is 28.4. The first-order valence-corrected chi connectivity index (χ1v) is 8.56. The summed E-state index contributed by atoms with van der Waals surface area (Å²) in [6.45, 7) is 13.2. The summed E-state index contributed by atoms with van der Waals surface area (Å²) in [5.41, 5.74) is 5.43. The van der Waals surface area contributed by atoms with E-state index in [0.29, 0.717) is 5.04 Å². The summed E-state index contributed by atoms with van der Waals surface area (Å²) in [4.78, 5) is 0. The van der Waals surface area contributed by atoms with Crippen LogP contribution in [0.15, 0.2) is 0 Å². The Morgan fingerprint density at radius 1 is 1.07 bits per heavy atom. The zero-order valence-corrected chi connectivity index (χ0v) is 11.5. The quantitative estimate of drug-likeness (QED) is 0.548. The van der Waals surface area contributed by atoms with E-state index in [4.69, 9.17) is 10.2 Å². The van der Waals surface area contributed by atoms with Gasteiger partial charge in [0.25, 0.3) is 0 Å². The van der Waals surface area contributed by atoms with Crippen LogP contribution in [0.2, 0.25) is 18.1 Å². The van der Waals surface area contributed by atoms with Crippen LogP contribution in [-0.4, -0.2) is 21.5 Å². The molecule has 0 saturated carbocycles. The van der Waals surface area contributed by atoms with Crippen molar-refractivity contribution in [1.82, 2.24) is 0 Å². The highest BCUT2D eigenvalue weighted by molar-refractivity contribution is 6.74. The lowest BCUT2D eigenvalue weighted by molar-refractivity contribution is 0.278. The Kier molecular flexibility index (Phi) is 5.94. The molecule has 0 aliphatic carbocycles. The second-order valence-electron chi connectivity index (χ2n) is 5.46. The van der Waals surface area contributed by atoms with E-state index in [0.717, 1.165) is 26.0 Å². The molecule has 0 aliphatic heterocycles. The normalized spacial score (nSPS) is 13.3. The fraction of sp³-hybridized carbons (Fsp3) is 1.00. The average molecular weight is 217 g/mol. The minimum Gasteiger partial charge on any atom is -0.417 e. The molecule has 0 unspecified atom stereocenters. The van der Waals surface area contributed by atoms with E-state index in [9.17, 15) is 0 Å². The van der Waals surface area contributed by atoms with Crippen LogP contribution in [0.3, 0.4) is 0 Å². The van der Waals surface area contributed by atoms with Gasteiger partial charge in [0.2, 0.25) is 0 Å². The minimum atomic E-state index is -1.50. The van der Waals surface area contributed by atoms with Crippen molar-refractivity contribution in [1.29, 1.82) is 0 Å². The number of hydrogen-bond donors (Lipinski definition) is 1. The minimum absolute atomic E-state index is 0.334. The van der Waals surface area contributed by atoms with Crippen molar-refractivity contribution in [2.75, 3.05) is 13.2 Å². The van der Waals surface area contributed by atoms with Gasteiger partial charge in [-0.1, -0.05) is 20.8 Å². The van der Waals surface area contributed by atoms with Crippen LogP contribution in [0.4, 0.5) is 0 Å². The molecule has 0 aromatic carbocycles. The van der Waals surface area contributed by atoms with Crippen molar-refractivity contribution in [3.8, 4) is 0 Å². The molecule has 3 heteroatoms. The van der Waals surface area contributed by atoms with Gasteiger partial charge < -0.3 is 10.2 Å². The zero-order valence-electron chi connectivity index (χ0n) is 10.5. The van der Waals surface area contributed by atoms with Gasteiger partial charge in [-0.05, 0) is 43.9 Å². The maximum Gasteiger partial charge on any atom is 0.191 e. The van der Waals surface area contributed by atoms with E-state index >= 15 is 0 Å². The second-order valence-corrected chi connectivity index (χ2v) is 10.3. The van der Waals surface area contributed by atoms with Crippen molar-refractivity contribution in [3.05, 3.63) is 0 Å². The Morgan fingerprint density at radius 2 is 1.64 bits per heavy atom. The van der Waals surface area contributed by atoms with Crippen molar-refractivity contribution >= 4 is 8.32 Å². The van der Waals surface area contributed by atoms with Gasteiger partial charge in [-0.15, -0.1) is 0 Å². The summed E-state index contributed by atoms with van der Waals surface area (Å²) in [5.74, 6) is 0. The number of hydrogen-bond acceptors (Lipinski definition) is 2. The van der Waals surface area contributed by atoms with Crippen LogP contribution in [0.25, 0.3) is 0 Å². The van der Waals surface area contributed by atoms with E-state index in [-0.39, 0.29) is 0 Å². The molecule has 0 bridgehead atoms. The third-order valence-electron chi connectivity index (χ3n) is 3.12. The Balaban J connectivity index is 3.67. The van der Waals surface area contributed by atoms with Crippen molar-refractivity contribution in [3.63, 3.8) is 0 Å². The maximum atomic E-state index is 6.04. The van der Waals surface area contributed by atoms with Gasteiger partial charge in [0, 0.05) is 6.61 Å². The Morgan fingerprint density at radius 3 is 2.07 bits per heavy atom. The Labute approximate surface area is 90.3 Å². The standard InChI is InChI=1S/C11H27NOSi/c1-11(2,3)14(4,5)13-10-8-6-7-9-12/h6-10,12H2,1-5H3. The molecule has 0 spiro atoms. The van der Waals surface area contributed by atoms with Crippen LogP contribution in [0, 0.1) is 0 Å². The fourth-order valence-electron chi connectivity index (χ4n) is 0.967. The molecule has 0 radical (unpaired) electrons. The van der Waals surface area contributed by atoms with E-state index in [1.807, 2.05) is 0 Å². The molecular weight excluding hydrogens is 190 g/mol. The summed E-state index contributed by atoms with van der Waals surface area (Å²) < 4.78 is 6.04. The zero-order chi connectivity index (χ0) is 11.2. The number of unbranched alkanes of at least 4 members (excludes halogenated alkanes) is 2. The molecule has 2 nitrogen and oxygen atoms in total. The van der Waals surface area contributed by atoms with E-state index < -0.39 is 8.32 Å². The van der Waals surface area contributed by atoms with Gasteiger partial charge in [-0.2, -0.15) is 0 Å². The number of rotatable bonds is 6. The lowest BCUT2D eigenvalue weighted by Crippen LogP contribution is -2.40. The summed E-state index contributed by atoms with van der Waals surface area (Å²) >= 11 is 0. The Hall–Kier alpha value is 0.137.